The maximum absolute atomic E-state index is 12.8. The lowest BCUT2D eigenvalue weighted by molar-refractivity contribution is 0.0980. The van der Waals surface area contributed by atoms with E-state index < -0.39 is 0 Å². The molecule has 1 amide bonds. The van der Waals surface area contributed by atoms with Gasteiger partial charge < -0.3 is 15.0 Å². The molecule has 0 radical (unpaired) electrons. The maximum atomic E-state index is 12.8. The summed E-state index contributed by atoms with van der Waals surface area (Å²) in [6, 6.07) is 8.04. The summed E-state index contributed by atoms with van der Waals surface area (Å²) >= 11 is 0. The quantitative estimate of drug-likeness (QED) is 0.826. The van der Waals surface area contributed by atoms with Crippen molar-refractivity contribution in [1.29, 1.82) is 0 Å². The molecule has 6 nitrogen and oxygen atoms in total. The molecule has 0 saturated heterocycles. The predicted molar refractivity (Wildman–Crippen MR) is 93.5 cm³/mol. The molecule has 1 aliphatic rings. The predicted octanol–water partition coefficient (Wildman–Crippen LogP) is 2.52. The SMILES string of the molecule is COCCCNc1cnc(C(=O)N2CCCc3ccccc32)cn1. The first kappa shape index (κ1) is 16.4. The van der Waals surface area contributed by atoms with E-state index in [0.717, 1.165) is 31.5 Å². The Kier molecular flexibility index (Phi) is 5.38. The minimum atomic E-state index is -0.0967. The number of benzene rings is 1. The number of hydrogen-bond donors (Lipinski definition) is 1. The molecule has 3 rings (SSSR count). The standard InChI is InChI=1S/C18H22N4O2/c1-24-11-5-9-19-17-13-20-15(12-21-17)18(23)22-10-4-7-14-6-2-3-8-16(14)22/h2-3,6,8,12-13H,4-5,7,9-11H2,1H3,(H,19,21). The van der Waals surface area contributed by atoms with Crippen LogP contribution in [0.1, 0.15) is 28.9 Å². The van der Waals surface area contributed by atoms with E-state index in [-0.39, 0.29) is 5.91 Å². The third kappa shape index (κ3) is 3.71. The van der Waals surface area contributed by atoms with Gasteiger partial charge in [-0.15, -0.1) is 0 Å². The fourth-order valence-electron chi connectivity index (χ4n) is 2.85. The van der Waals surface area contributed by atoms with Crippen LogP contribution in [0.3, 0.4) is 0 Å². The van der Waals surface area contributed by atoms with Crippen molar-refractivity contribution in [3.05, 3.63) is 47.9 Å². The van der Waals surface area contributed by atoms with Gasteiger partial charge in [0, 0.05) is 32.5 Å². The van der Waals surface area contributed by atoms with E-state index in [9.17, 15) is 4.79 Å². The van der Waals surface area contributed by atoms with Crippen LogP contribution in [0.2, 0.25) is 0 Å². The molecule has 1 N–H and O–H groups in total. The van der Waals surface area contributed by atoms with E-state index >= 15 is 0 Å². The van der Waals surface area contributed by atoms with E-state index in [0.29, 0.717) is 24.7 Å². The van der Waals surface area contributed by atoms with Crippen LogP contribution in [0.4, 0.5) is 11.5 Å². The summed E-state index contributed by atoms with van der Waals surface area (Å²) in [7, 11) is 1.68. The van der Waals surface area contributed by atoms with Crippen LogP contribution in [0.5, 0.6) is 0 Å². The number of nitrogens with one attached hydrogen (secondary N) is 1. The van der Waals surface area contributed by atoms with Crippen LogP contribution in [0.25, 0.3) is 0 Å². The first-order chi connectivity index (χ1) is 11.8. The van der Waals surface area contributed by atoms with Crippen molar-refractivity contribution in [2.24, 2.45) is 0 Å². The minimum Gasteiger partial charge on any atom is -0.385 e. The average Bonchev–Trinajstić information content (AvgIpc) is 2.65. The van der Waals surface area contributed by atoms with Gasteiger partial charge in [-0.05, 0) is 30.9 Å². The largest absolute Gasteiger partial charge is 0.385 e. The lowest BCUT2D eigenvalue weighted by Gasteiger charge is -2.29. The number of methoxy groups -OCH3 is 1. The summed E-state index contributed by atoms with van der Waals surface area (Å²) in [5.41, 5.74) is 2.56. The van der Waals surface area contributed by atoms with Crippen molar-refractivity contribution in [3.8, 4) is 0 Å². The Hall–Kier alpha value is -2.47. The van der Waals surface area contributed by atoms with Gasteiger partial charge in [0.15, 0.2) is 0 Å². The highest BCUT2D eigenvalue weighted by atomic mass is 16.5. The summed E-state index contributed by atoms with van der Waals surface area (Å²) in [6.07, 6.45) is 6.02. The van der Waals surface area contributed by atoms with Crippen LogP contribution in [-0.4, -0.2) is 42.7 Å². The zero-order chi connectivity index (χ0) is 16.8. The molecule has 6 heteroatoms. The summed E-state index contributed by atoms with van der Waals surface area (Å²) in [5, 5.41) is 3.16. The van der Waals surface area contributed by atoms with E-state index in [1.54, 1.807) is 18.2 Å². The molecule has 1 aromatic carbocycles. The fraction of sp³-hybridized carbons (Fsp3) is 0.389. The molecule has 1 aromatic heterocycles. The van der Waals surface area contributed by atoms with Crippen LogP contribution in [-0.2, 0) is 11.2 Å². The molecule has 0 spiro atoms. The number of carbonyl (C=O) groups excluding carboxylic acids is 1. The average molecular weight is 326 g/mol. The highest BCUT2D eigenvalue weighted by Crippen LogP contribution is 2.27. The Morgan fingerprint density at radius 1 is 1.29 bits per heavy atom. The first-order valence-electron chi connectivity index (χ1n) is 8.24. The number of ether oxygens (including phenoxy) is 1. The zero-order valence-corrected chi connectivity index (χ0v) is 13.9. The third-order valence-corrected chi connectivity index (χ3v) is 4.06. The van der Waals surface area contributed by atoms with Crippen LogP contribution < -0.4 is 10.2 Å². The van der Waals surface area contributed by atoms with Gasteiger partial charge >= 0.3 is 0 Å². The Bertz CT molecular complexity index is 688. The number of rotatable bonds is 6. The number of carbonyl (C=O) groups is 1. The molecule has 0 saturated carbocycles. The highest BCUT2D eigenvalue weighted by Gasteiger charge is 2.24. The van der Waals surface area contributed by atoms with E-state index in [1.165, 1.54) is 11.8 Å². The first-order valence-corrected chi connectivity index (χ1v) is 8.24. The molecule has 0 atom stereocenters. The summed E-state index contributed by atoms with van der Waals surface area (Å²) < 4.78 is 5.00. The van der Waals surface area contributed by atoms with Gasteiger partial charge in [-0.3, -0.25) is 4.79 Å². The monoisotopic (exact) mass is 326 g/mol. The van der Waals surface area contributed by atoms with Gasteiger partial charge in [0.05, 0.1) is 12.4 Å². The summed E-state index contributed by atoms with van der Waals surface area (Å²) in [4.78, 5) is 23.1. The third-order valence-electron chi connectivity index (χ3n) is 4.06. The fourth-order valence-corrected chi connectivity index (χ4v) is 2.85. The molecule has 126 valence electrons. The zero-order valence-electron chi connectivity index (χ0n) is 13.9. The normalized spacial score (nSPS) is 13.5. The summed E-state index contributed by atoms with van der Waals surface area (Å²) in [5.74, 6) is 0.572. The molecular weight excluding hydrogens is 304 g/mol. The molecule has 1 aliphatic heterocycles. The van der Waals surface area contributed by atoms with Crippen molar-refractivity contribution < 1.29 is 9.53 Å². The Labute approximate surface area is 141 Å². The van der Waals surface area contributed by atoms with Gasteiger partial charge in [-0.2, -0.15) is 0 Å². The molecular formula is C18H22N4O2. The number of nitrogens with zero attached hydrogens (tertiary/aromatic N) is 3. The highest BCUT2D eigenvalue weighted by molar-refractivity contribution is 6.05. The molecule has 24 heavy (non-hydrogen) atoms. The van der Waals surface area contributed by atoms with Crippen molar-refractivity contribution >= 4 is 17.4 Å². The number of hydrogen-bond acceptors (Lipinski definition) is 5. The van der Waals surface area contributed by atoms with E-state index in [1.807, 2.05) is 18.2 Å². The maximum Gasteiger partial charge on any atom is 0.278 e. The number of aryl methyl sites for hydroxylation is 1. The van der Waals surface area contributed by atoms with Crippen molar-refractivity contribution in [2.45, 2.75) is 19.3 Å². The molecule has 2 aromatic rings. The number of para-hydroxylation sites is 1. The lowest BCUT2D eigenvalue weighted by atomic mass is 10.0. The minimum absolute atomic E-state index is 0.0967. The van der Waals surface area contributed by atoms with Crippen LogP contribution >= 0.6 is 0 Å². The van der Waals surface area contributed by atoms with Crippen molar-refractivity contribution in [2.75, 3.05) is 37.0 Å². The lowest BCUT2D eigenvalue weighted by Crippen LogP contribution is -2.36. The second-order valence-corrected chi connectivity index (χ2v) is 5.75. The molecule has 0 bridgehead atoms. The van der Waals surface area contributed by atoms with Crippen molar-refractivity contribution in [1.82, 2.24) is 9.97 Å². The Morgan fingerprint density at radius 3 is 2.96 bits per heavy atom. The number of aromatic nitrogens is 2. The number of amides is 1. The topological polar surface area (TPSA) is 67.3 Å². The smallest absolute Gasteiger partial charge is 0.278 e. The van der Waals surface area contributed by atoms with Gasteiger partial charge in [0.2, 0.25) is 0 Å². The van der Waals surface area contributed by atoms with E-state index in [2.05, 4.69) is 21.4 Å². The number of fused-ring (bicyclic) bond motifs is 1. The van der Waals surface area contributed by atoms with Gasteiger partial charge in [0.1, 0.15) is 11.5 Å². The molecule has 0 fully saturated rings. The Balaban J connectivity index is 1.68. The van der Waals surface area contributed by atoms with Gasteiger partial charge in [-0.1, -0.05) is 18.2 Å². The van der Waals surface area contributed by atoms with Gasteiger partial charge in [-0.25, -0.2) is 9.97 Å². The van der Waals surface area contributed by atoms with Crippen LogP contribution in [0.15, 0.2) is 36.7 Å². The second kappa shape index (κ2) is 7.88. The molecule has 2 heterocycles. The number of anilines is 2. The van der Waals surface area contributed by atoms with Crippen molar-refractivity contribution in [3.63, 3.8) is 0 Å². The second-order valence-electron chi connectivity index (χ2n) is 5.75. The molecule has 0 aliphatic carbocycles. The summed E-state index contributed by atoms with van der Waals surface area (Å²) in [6.45, 7) is 2.18. The Morgan fingerprint density at radius 2 is 2.17 bits per heavy atom. The molecule has 0 unspecified atom stereocenters. The van der Waals surface area contributed by atoms with Gasteiger partial charge in [0.25, 0.3) is 5.91 Å². The van der Waals surface area contributed by atoms with E-state index in [4.69, 9.17) is 4.74 Å². The van der Waals surface area contributed by atoms with Crippen LogP contribution in [0, 0.1) is 0 Å².